The van der Waals surface area contributed by atoms with E-state index in [0.717, 1.165) is 17.7 Å². The van der Waals surface area contributed by atoms with Crippen molar-refractivity contribution in [3.63, 3.8) is 0 Å². The van der Waals surface area contributed by atoms with E-state index in [1.54, 1.807) is 30.3 Å². The van der Waals surface area contributed by atoms with E-state index < -0.39 is 0 Å². The van der Waals surface area contributed by atoms with Crippen LogP contribution >= 0.6 is 15.9 Å². The Morgan fingerprint density at radius 2 is 1.88 bits per heavy atom. The molecule has 2 aromatic carbocycles. The van der Waals surface area contributed by atoms with Gasteiger partial charge >= 0.3 is 0 Å². The van der Waals surface area contributed by atoms with Crippen molar-refractivity contribution in [2.45, 2.75) is 13.3 Å². The van der Waals surface area contributed by atoms with Crippen LogP contribution < -0.4 is 10.1 Å². The number of pyridine rings is 1. The Morgan fingerprint density at radius 3 is 2.68 bits per heavy atom. The van der Waals surface area contributed by atoms with E-state index in [9.17, 15) is 4.79 Å². The lowest BCUT2D eigenvalue weighted by molar-refractivity contribution is 0.102. The van der Waals surface area contributed by atoms with Gasteiger partial charge in [0, 0.05) is 17.3 Å². The first-order valence-electron chi connectivity index (χ1n) is 7.95. The Balaban J connectivity index is 1.77. The Morgan fingerprint density at radius 1 is 1.08 bits per heavy atom. The molecule has 1 amide bonds. The summed E-state index contributed by atoms with van der Waals surface area (Å²) in [6.07, 6.45) is 0.855. The Hall–Kier alpha value is -2.66. The standard InChI is InChI=1S/C20H17BrN2O2/c1-2-14-7-3-4-10-17(14)22-20(24)15-8-5-9-16(13-15)25-19-12-6-11-18(21)23-19/h3-13H,2H2,1H3,(H,22,24). The van der Waals surface area contributed by atoms with Crippen molar-refractivity contribution in [2.24, 2.45) is 0 Å². The van der Waals surface area contributed by atoms with Gasteiger partial charge in [-0.1, -0.05) is 37.3 Å². The van der Waals surface area contributed by atoms with Crippen molar-refractivity contribution in [3.05, 3.63) is 82.5 Å². The van der Waals surface area contributed by atoms with Crippen LogP contribution in [0, 0.1) is 0 Å². The molecule has 0 saturated carbocycles. The maximum atomic E-state index is 12.6. The highest BCUT2D eigenvalue weighted by Gasteiger charge is 2.10. The van der Waals surface area contributed by atoms with Crippen molar-refractivity contribution in [1.82, 2.24) is 4.98 Å². The van der Waals surface area contributed by atoms with Crippen LogP contribution in [0.2, 0.25) is 0 Å². The number of aromatic nitrogens is 1. The fourth-order valence-electron chi connectivity index (χ4n) is 2.41. The van der Waals surface area contributed by atoms with E-state index in [-0.39, 0.29) is 5.91 Å². The molecule has 0 aliphatic heterocycles. The molecule has 5 heteroatoms. The minimum Gasteiger partial charge on any atom is -0.439 e. The second-order valence-corrected chi connectivity index (χ2v) is 6.21. The van der Waals surface area contributed by atoms with Crippen LogP contribution in [-0.4, -0.2) is 10.9 Å². The molecular weight excluding hydrogens is 380 g/mol. The lowest BCUT2D eigenvalue weighted by Crippen LogP contribution is -2.13. The number of halogens is 1. The molecule has 3 aromatic rings. The number of nitrogens with one attached hydrogen (secondary N) is 1. The second-order valence-electron chi connectivity index (χ2n) is 5.39. The predicted octanol–water partition coefficient (Wildman–Crippen LogP) is 5.45. The molecule has 1 N–H and O–H groups in total. The summed E-state index contributed by atoms with van der Waals surface area (Å²) < 4.78 is 6.41. The molecule has 0 atom stereocenters. The highest BCUT2D eigenvalue weighted by atomic mass is 79.9. The largest absolute Gasteiger partial charge is 0.439 e. The Bertz CT molecular complexity index is 896. The number of para-hydroxylation sites is 1. The highest BCUT2D eigenvalue weighted by molar-refractivity contribution is 9.10. The van der Waals surface area contributed by atoms with Crippen molar-refractivity contribution < 1.29 is 9.53 Å². The third-order valence-electron chi connectivity index (χ3n) is 3.65. The zero-order valence-corrected chi connectivity index (χ0v) is 15.3. The van der Waals surface area contributed by atoms with Gasteiger partial charge in [-0.3, -0.25) is 4.79 Å². The van der Waals surface area contributed by atoms with E-state index in [0.29, 0.717) is 21.8 Å². The smallest absolute Gasteiger partial charge is 0.255 e. The van der Waals surface area contributed by atoms with E-state index in [1.165, 1.54) is 0 Å². The Labute approximate surface area is 155 Å². The molecule has 1 aromatic heterocycles. The van der Waals surface area contributed by atoms with Gasteiger partial charge in [-0.25, -0.2) is 4.98 Å². The summed E-state index contributed by atoms with van der Waals surface area (Å²) in [5.74, 6) is 0.846. The number of ether oxygens (including phenoxy) is 1. The highest BCUT2D eigenvalue weighted by Crippen LogP contribution is 2.23. The number of amides is 1. The fraction of sp³-hybridized carbons (Fsp3) is 0.100. The van der Waals surface area contributed by atoms with Crippen molar-refractivity contribution >= 4 is 27.5 Å². The molecule has 0 fully saturated rings. The first-order chi connectivity index (χ1) is 12.2. The van der Waals surface area contributed by atoms with Gasteiger partial charge in [-0.05, 0) is 58.2 Å². The van der Waals surface area contributed by atoms with Crippen molar-refractivity contribution in [3.8, 4) is 11.6 Å². The fourth-order valence-corrected chi connectivity index (χ4v) is 2.74. The first kappa shape index (κ1) is 17.2. The normalized spacial score (nSPS) is 10.3. The number of rotatable bonds is 5. The molecule has 0 saturated heterocycles. The molecule has 0 aliphatic rings. The average Bonchev–Trinajstić information content (AvgIpc) is 2.62. The topological polar surface area (TPSA) is 51.2 Å². The number of hydrogen-bond donors (Lipinski definition) is 1. The van der Waals surface area contributed by atoms with Gasteiger partial charge in [0.05, 0.1) is 0 Å². The van der Waals surface area contributed by atoms with Crippen molar-refractivity contribution in [2.75, 3.05) is 5.32 Å². The van der Waals surface area contributed by atoms with Gasteiger partial charge in [0.25, 0.3) is 5.91 Å². The lowest BCUT2D eigenvalue weighted by Gasteiger charge is -2.11. The van der Waals surface area contributed by atoms with Gasteiger partial charge in [0.1, 0.15) is 10.4 Å². The minimum absolute atomic E-state index is 0.173. The number of carbonyl (C=O) groups is 1. The van der Waals surface area contributed by atoms with Crippen LogP contribution in [0.1, 0.15) is 22.8 Å². The van der Waals surface area contributed by atoms with E-state index in [2.05, 4.69) is 33.2 Å². The number of nitrogens with zero attached hydrogens (tertiary/aromatic N) is 1. The maximum absolute atomic E-state index is 12.6. The quantitative estimate of drug-likeness (QED) is 0.583. The summed E-state index contributed by atoms with van der Waals surface area (Å²) in [6.45, 7) is 2.06. The Kier molecular flexibility index (Phi) is 5.46. The molecule has 0 bridgehead atoms. The van der Waals surface area contributed by atoms with Crippen LogP contribution in [-0.2, 0) is 6.42 Å². The zero-order chi connectivity index (χ0) is 17.6. The molecule has 0 aliphatic carbocycles. The number of hydrogen-bond acceptors (Lipinski definition) is 3. The molecule has 0 spiro atoms. The summed E-state index contributed by atoms with van der Waals surface area (Å²) in [6, 6.07) is 20.2. The monoisotopic (exact) mass is 396 g/mol. The van der Waals surface area contributed by atoms with Crippen LogP contribution in [0.4, 0.5) is 5.69 Å². The number of aryl methyl sites for hydroxylation is 1. The first-order valence-corrected chi connectivity index (χ1v) is 8.74. The maximum Gasteiger partial charge on any atom is 0.255 e. The third-order valence-corrected chi connectivity index (χ3v) is 4.10. The molecule has 1 heterocycles. The number of anilines is 1. The number of carbonyl (C=O) groups excluding carboxylic acids is 1. The van der Waals surface area contributed by atoms with E-state index in [1.807, 2.05) is 36.4 Å². The summed E-state index contributed by atoms with van der Waals surface area (Å²) in [5.41, 5.74) is 2.45. The van der Waals surface area contributed by atoms with Crippen molar-refractivity contribution in [1.29, 1.82) is 0 Å². The third kappa shape index (κ3) is 4.45. The van der Waals surface area contributed by atoms with Gasteiger partial charge in [-0.2, -0.15) is 0 Å². The molecule has 0 unspecified atom stereocenters. The van der Waals surface area contributed by atoms with Gasteiger partial charge in [0.15, 0.2) is 0 Å². The molecule has 3 rings (SSSR count). The molecule has 25 heavy (non-hydrogen) atoms. The lowest BCUT2D eigenvalue weighted by atomic mass is 10.1. The summed E-state index contributed by atoms with van der Waals surface area (Å²) in [5, 5.41) is 2.96. The van der Waals surface area contributed by atoms with Crippen LogP contribution in [0.25, 0.3) is 0 Å². The van der Waals surface area contributed by atoms with Gasteiger partial charge in [0.2, 0.25) is 5.88 Å². The van der Waals surface area contributed by atoms with Crippen LogP contribution in [0.5, 0.6) is 11.6 Å². The summed E-state index contributed by atoms with van der Waals surface area (Å²) in [7, 11) is 0. The SMILES string of the molecule is CCc1ccccc1NC(=O)c1cccc(Oc2cccc(Br)n2)c1. The van der Waals surface area contributed by atoms with Gasteiger partial charge in [-0.15, -0.1) is 0 Å². The second kappa shape index (κ2) is 7.94. The van der Waals surface area contributed by atoms with E-state index >= 15 is 0 Å². The minimum atomic E-state index is -0.173. The van der Waals surface area contributed by atoms with E-state index in [4.69, 9.17) is 4.74 Å². The molecule has 126 valence electrons. The zero-order valence-electron chi connectivity index (χ0n) is 13.7. The average molecular weight is 397 g/mol. The molecule has 4 nitrogen and oxygen atoms in total. The molecular formula is C20H17BrN2O2. The summed E-state index contributed by atoms with van der Waals surface area (Å²) in [4.78, 5) is 16.8. The molecule has 0 radical (unpaired) electrons. The number of benzene rings is 2. The van der Waals surface area contributed by atoms with Gasteiger partial charge < -0.3 is 10.1 Å². The summed E-state index contributed by atoms with van der Waals surface area (Å²) >= 11 is 3.31. The van der Waals surface area contributed by atoms with Crippen LogP contribution in [0.3, 0.4) is 0 Å². The van der Waals surface area contributed by atoms with Crippen LogP contribution in [0.15, 0.2) is 71.3 Å². The predicted molar refractivity (Wildman–Crippen MR) is 102 cm³/mol.